The molecule has 0 aliphatic carbocycles. The van der Waals surface area contributed by atoms with E-state index in [4.69, 9.17) is 0 Å². The zero-order valence-corrected chi connectivity index (χ0v) is 27.9. The molecule has 0 radical (unpaired) electrons. The number of hydrogen-bond donors (Lipinski definition) is 2. The van der Waals surface area contributed by atoms with Crippen LogP contribution in [0.15, 0.2) is 54.9 Å². The molecule has 8 rings (SSSR count). The van der Waals surface area contributed by atoms with E-state index >= 15 is 0 Å². The summed E-state index contributed by atoms with van der Waals surface area (Å²) in [4.78, 5) is 37.5. The Bertz CT molecular complexity index is 1950. The SMILES string of the molecule is Cn1cnc(-c2ccc(C3=CCN(C(=O)CN4CC[C@]5(CCN(c6ccc7n[nH]c(C8CCNC(C(F)(F)F)C8)c7c6)C5=O)C4)CC3)cc2)n1. The van der Waals surface area contributed by atoms with Gasteiger partial charge in [-0.3, -0.25) is 24.3 Å². The van der Waals surface area contributed by atoms with Crippen molar-refractivity contribution in [2.24, 2.45) is 12.5 Å². The number of anilines is 1. The zero-order valence-electron chi connectivity index (χ0n) is 27.9. The maximum atomic E-state index is 14.0. The van der Waals surface area contributed by atoms with Crippen molar-refractivity contribution in [2.75, 3.05) is 50.7 Å². The number of nitrogens with zero attached hydrogens (tertiary/aromatic N) is 7. The van der Waals surface area contributed by atoms with Crippen LogP contribution in [0.3, 0.4) is 0 Å². The summed E-state index contributed by atoms with van der Waals surface area (Å²) >= 11 is 0. The largest absolute Gasteiger partial charge is 0.403 e. The van der Waals surface area contributed by atoms with Crippen molar-refractivity contribution in [3.63, 3.8) is 0 Å². The lowest BCUT2D eigenvalue weighted by Crippen LogP contribution is -2.47. The standard InChI is InChI=1S/C36H40F3N9O2/c1-45-22-41-33(44-45)25-4-2-23(3-5-25)24-9-14-47(15-10-24)31(49)20-46-16-11-35(21-46)12-17-48(34(35)50)27-6-7-29-28(19-27)32(43-42-29)26-8-13-40-30(18-26)36(37,38)39/h2-7,9,19,22,26,30,40H,8,10-18,20-21H2,1H3,(H,42,43)/t26?,30?,35-/m0/s1. The molecule has 14 heteroatoms. The van der Waals surface area contributed by atoms with Crippen molar-refractivity contribution < 1.29 is 22.8 Å². The van der Waals surface area contributed by atoms with Gasteiger partial charge in [-0.25, -0.2) is 4.98 Å². The summed E-state index contributed by atoms with van der Waals surface area (Å²) in [5.74, 6) is 0.495. The highest BCUT2D eigenvalue weighted by molar-refractivity contribution is 6.02. The third kappa shape index (κ3) is 6.08. The van der Waals surface area contributed by atoms with E-state index in [1.165, 1.54) is 5.57 Å². The number of likely N-dealkylation sites (tertiary alicyclic amines) is 1. The van der Waals surface area contributed by atoms with Crippen LogP contribution in [0.2, 0.25) is 0 Å². The van der Waals surface area contributed by atoms with Gasteiger partial charge in [-0.05, 0) is 74.5 Å². The van der Waals surface area contributed by atoms with Crippen molar-refractivity contribution in [3.8, 4) is 11.4 Å². The van der Waals surface area contributed by atoms with Gasteiger partial charge < -0.3 is 15.1 Å². The van der Waals surface area contributed by atoms with Crippen LogP contribution in [0, 0.1) is 5.41 Å². The number of aromatic nitrogens is 5. The van der Waals surface area contributed by atoms with E-state index in [1.807, 2.05) is 42.3 Å². The van der Waals surface area contributed by atoms with E-state index in [2.05, 4.69) is 48.7 Å². The minimum atomic E-state index is -4.31. The molecule has 3 saturated heterocycles. The molecule has 0 saturated carbocycles. The molecule has 3 fully saturated rings. The van der Waals surface area contributed by atoms with E-state index in [1.54, 1.807) is 15.9 Å². The fraction of sp³-hybridized carbons (Fsp3) is 0.472. The first-order chi connectivity index (χ1) is 24.1. The van der Waals surface area contributed by atoms with Gasteiger partial charge in [-0.15, -0.1) is 0 Å². The van der Waals surface area contributed by atoms with Crippen LogP contribution in [0.1, 0.15) is 49.3 Å². The normalized spacial score (nSPS) is 24.9. The smallest absolute Gasteiger partial charge is 0.338 e. The molecule has 4 aliphatic heterocycles. The number of carbonyl (C=O) groups is 2. The number of nitrogens with one attached hydrogen (secondary N) is 2. The molecule has 0 bridgehead atoms. The second kappa shape index (κ2) is 12.6. The Morgan fingerprint density at radius 1 is 1.06 bits per heavy atom. The Morgan fingerprint density at radius 3 is 2.60 bits per heavy atom. The quantitative estimate of drug-likeness (QED) is 0.307. The number of amides is 2. The van der Waals surface area contributed by atoms with Crippen molar-refractivity contribution >= 4 is 34.0 Å². The molecular weight excluding hydrogens is 647 g/mol. The van der Waals surface area contributed by atoms with Crippen LogP contribution in [-0.2, 0) is 16.6 Å². The van der Waals surface area contributed by atoms with Crippen molar-refractivity contribution in [1.29, 1.82) is 0 Å². The zero-order chi connectivity index (χ0) is 34.6. The Balaban J connectivity index is 0.884. The molecule has 2 N–H and O–H groups in total. The topological polar surface area (TPSA) is 115 Å². The average Bonchev–Trinajstić information content (AvgIpc) is 3.92. The second-order valence-corrected chi connectivity index (χ2v) is 14.2. The fourth-order valence-electron chi connectivity index (χ4n) is 8.22. The number of aromatic amines is 1. The summed E-state index contributed by atoms with van der Waals surface area (Å²) in [6.07, 6.45) is 2.17. The van der Waals surface area contributed by atoms with Gasteiger partial charge in [0.05, 0.1) is 17.5 Å². The van der Waals surface area contributed by atoms with Gasteiger partial charge in [0.15, 0.2) is 5.82 Å². The molecule has 2 aromatic heterocycles. The number of carbonyl (C=O) groups excluding carboxylic acids is 2. The van der Waals surface area contributed by atoms with Gasteiger partial charge in [-0.2, -0.15) is 23.4 Å². The molecule has 2 aromatic carbocycles. The highest BCUT2D eigenvalue weighted by Crippen LogP contribution is 2.43. The molecule has 3 atom stereocenters. The Labute approximate surface area is 287 Å². The van der Waals surface area contributed by atoms with Gasteiger partial charge in [0, 0.05) is 61.5 Å². The molecule has 2 amide bonds. The third-order valence-corrected chi connectivity index (χ3v) is 11.1. The molecule has 50 heavy (non-hydrogen) atoms. The van der Waals surface area contributed by atoms with Crippen LogP contribution in [-0.4, -0.2) is 105 Å². The van der Waals surface area contributed by atoms with Crippen molar-refractivity contribution in [3.05, 3.63) is 66.1 Å². The van der Waals surface area contributed by atoms with Gasteiger partial charge in [0.25, 0.3) is 0 Å². The van der Waals surface area contributed by atoms with E-state index in [9.17, 15) is 22.8 Å². The molecule has 4 aliphatic rings. The number of rotatable bonds is 6. The van der Waals surface area contributed by atoms with Gasteiger partial charge in [-0.1, -0.05) is 30.3 Å². The third-order valence-electron chi connectivity index (χ3n) is 11.1. The highest BCUT2D eigenvalue weighted by atomic mass is 19.4. The predicted molar refractivity (Wildman–Crippen MR) is 182 cm³/mol. The van der Waals surface area contributed by atoms with E-state index in [-0.39, 0.29) is 37.2 Å². The first-order valence-corrected chi connectivity index (χ1v) is 17.3. The monoisotopic (exact) mass is 687 g/mol. The van der Waals surface area contributed by atoms with Crippen LogP contribution >= 0.6 is 0 Å². The average molecular weight is 688 g/mol. The number of alkyl halides is 3. The molecule has 4 aromatic rings. The van der Waals surface area contributed by atoms with Crippen LogP contribution < -0.4 is 10.2 Å². The molecule has 6 heterocycles. The molecule has 11 nitrogen and oxygen atoms in total. The predicted octanol–water partition coefficient (Wildman–Crippen LogP) is 4.50. The number of H-pyrrole nitrogens is 1. The number of aryl methyl sites for hydroxylation is 1. The molecule has 2 unspecified atom stereocenters. The Hall–Kier alpha value is -4.56. The number of fused-ring (bicyclic) bond motifs is 1. The number of halogens is 3. The van der Waals surface area contributed by atoms with Crippen molar-refractivity contribution in [1.82, 2.24) is 40.1 Å². The maximum Gasteiger partial charge on any atom is 0.403 e. The van der Waals surface area contributed by atoms with E-state index in [0.29, 0.717) is 69.0 Å². The van der Waals surface area contributed by atoms with Crippen LogP contribution in [0.25, 0.3) is 27.9 Å². The van der Waals surface area contributed by atoms with Crippen LogP contribution in [0.4, 0.5) is 18.9 Å². The van der Waals surface area contributed by atoms with E-state index < -0.39 is 17.6 Å². The number of piperidine rings is 1. The minimum absolute atomic E-state index is 0.0474. The van der Waals surface area contributed by atoms with Crippen LogP contribution in [0.5, 0.6) is 0 Å². The number of benzene rings is 2. The van der Waals surface area contributed by atoms with Gasteiger partial charge >= 0.3 is 6.18 Å². The lowest BCUT2D eigenvalue weighted by molar-refractivity contribution is -0.161. The summed E-state index contributed by atoms with van der Waals surface area (Å²) < 4.78 is 42.1. The fourth-order valence-corrected chi connectivity index (χ4v) is 8.22. The van der Waals surface area contributed by atoms with Crippen molar-refractivity contribution in [2.45, 2.75) is 50.2 Å². The highest BCUT2D eigenvalue weighted by Gasteiger charge is 2.51. The Morgan fingerprint density at radius 2 is 1.86 bits per heavy atom. The summed E-state index contributed by atoms with van der Waals surface area (Å²) in [6, 6.07) is 12.2. The summed E-state index contributed by atoms with van der Waals surface area (Å²) in [5.41, 5.74) is 4.86. The number of hydrogen-bond acceptors (Lipinski definition) is 7. The van der Waals surface area contributed by atoms with Gasteiger partial charge in [0.2, 0.25) is 11.8 Å². The minimum Gasteiger partial charge on any atom is -0.338 e. The summed E-state index contributed by atoms with van der Waals surface area (Å²) in [6.45, 7) is 3.53. The molecule has 262 valence electrons. The molecular formula is C36H40F3N9O2. The maximum absolute atomic E-state index is 14.0. The van der Waals surface area contributed by atoms with E-state index in [0.717, 1.165) is 28.6 Å². The first kappa shape index (κ1) is 32.6. The summed E-state index contributed by atoms with van der Waals surface area (Å²) in [5, 5.41) is 15.1. The lowest BCUT2D eigenvalue weighted by atomic mass is 9.85. The summed E-state index contributed by atoms with van der Waals surface area (Å²) in [7, 11) is 1.84. The molecule has 1 spiro atoms. The first-order valence-electron chi connectivity index (χ1n) is 17.3. The Kier molecular flexibility index (Phi) is 8.25. The van der Waals surface area contributed by atoms with Gasteiger partial charge in [0.1, 0.15) is 12.4 Å². The second-order valence-electron chi connectivity index (χ2n) is 14.2. The lowest BCUT2D eigenvalue weighted by Gasteiger charge is -2.31.